The zero-order valence-corrected chi connectivity index (χ0v) is 20.5. The normalized spacial score (nSPS) is 11.4. The molecule has 0 atom stereocenters. The van der Waals surface area contributed by atoms with Crippen LogP contribution in [0.3, 0.4) is 0 Å². The molecule has 0 aliphatic carbocycles. The minimum atomic E-state index is -0.948. The van der Waals surface area contributed by atoms with Gasteiger partial charge in [0.2, 0.25) is 0 Å². The largest absolute Gasteiger partial charge is 0.497 e. The molecular weight excluding hydrogens is 439 g/mol. The first-order valence-corrected chi connectivity index (χ1v) is 11.0. The van der Waals surface area contributed by atoms with Crippen LogP contribution in [-0.2, 0) is 22.7 Å². The van der Waals surface area contributed by atoms with Crippen LogP contribution in [0.4, 0.5) is 4.39 Å². The molecule has 8 heteroatoms. The zero-order chi connectivity index (χ0) is 24.9. The standard InChI is InChI=1S/C26H31FN2O5/c1-7-33-25-10-8-9-23(27)22(25)15-29-24(18-11-20(31-5)14-21(12-18)32-6)13-19(28-29)16-34-26(3,4)17(2)30/h8-14H,7,15-16H2,1-6H3. The molecule has 1 heterocycles. The van der Waals surface area contributed by atoms with Crippen molar-refractivity contribution in [3.05, 3.63) is 59.5 Å². The summed E-state index contributed by atoms with van der Waals surface area (Å²) in [6.07, 6.45) is 0. The molecule has 3 aromatic rings. The molecule has 0 saturated heterocycles. The van der Waals surface area contributed by atoms with Gasteiger partial charge >= 0.3 is 0 Å². The molecule has 0 saturated carbocycles. The van der Waals surface area contributed by atoms with Crippen molar-refractivity contribution < 1.29 is 28.1 Å². The van der Waals surface area contributed by atoms with Gasteiger partial charge in [-0.1, -0.05) is 6.07 Å². The molecule has 3 rings (SSSR count). The number of benzene rings is 2. The minimum Gasteiger partial charge on any atom is -0.497 e. The van der Waals surface area contributed by atoms with Gasteiger partial charge in [-0.05, 0) is 58.0 Å². The van der Waals surface area contributed by atoms with Crippen LogP contribution in [0.25, 0.3) is 11.3 Å². The predicted molar refractivity (Wildman–Crippen MR) is 127 cm³/mol. The van der Waals surface area contributed by atoms with Crippen LogP contribution in [0.2, 0.25) is 0 Å². The Labute approximate surface area is 199 Å². The number of halogens is 1. The first-order valence-electron chi connectivity index (χ1n) is 11.0. The van der Waals surface area contributed by atoms with E-state index in [-0.39, 0.29) is 24.8 Å². The summed E-state index contributed by atoms with van der Waals surface area (Å²) in [4.78, 5) is 11.9. The average Bonchev–Trinajstić information content (AvgIpc) is 3.22. The highest BCUT2D eigenvalue weighted by atomic mass is 19.1. The second-order valence-corrected chi connectivity index (χ2v) is 8.28. The molecule has 0 aliphatic heterocycles. The Kier molecular flexibility index (Phi) is 7.94. The summed E-state index contributed by atoms with van der Waals surface area (Å²) in [5.41, 5.74) is 1.52. The lowest BCUT2D eigenvalue weighted by molar-refractivity contribution is -0.139. The van der Waals surface area contributed by atoms with Gasteiger partial charge in [0.05, 0.1) is 50.9 Å². The Bertz CT molecular complexity index is 1130. The quantitative estimate of drug-likeness (QED) is 0.391. The lowest BCUT2D eigenvalue weighted by atomic mass is 10.1. The highest BCUT2D eigenvalue weighted by molar-refractivity contribution is 5.83. The molecule has 0 unspecified atom stereocenters. The summed E-state index contributed by atoms with van der Waals surface area (Å²) in [6, 6.07) is 12.1. The number of rotatable bonds is 11. The van der Waals surface area contributed by atoms with Crippen LogP contribution in [0.15, 0.2) is 42.5 Å². The summed E-state index contributed by atoms with van der Waals surface area (Å²) in [7, 11) is 3.15. The number of carbonyl (C=O) groups is 1. The number of hydrogen-bond donors (Lipinski definition) is 0. The van der Waals surface area contributed by atoms with Crippen molar-refractivity contribution in [1.29, 1.82) is 0 Å². The average molecular weight is 471 g/mol. The molecule has 0 amide bonds. The maximum Gasteiger partial charge on any atom is 0.161 e. The number of Topliss-reactive ketones (excluding diaryl/α,β-unsaturated/α-hetero) is 1. The van der Waals surface area contributed by atoms with E-state index in [1.54, 1.807) is 50.9 Å². The van der Waals surface area contributed by atoms with Crippen LogP contribution in [0, 0.1) is 5.82 Å². The van der Waals surface area contributed by atoms with Gasteiger partial charge in [-0.3, -0.25) is 9.48 Å². The number of ether oxygens (including phenoxy) is 4. The third kappa shape index (κ3) is 5.75. The molecule has 0 fully saturated rings. The fourth-order valence-electron chi connectivity index (χ4n) is 3.34. The first-order chi connectivity index (χ1) is 16.2. The lowest BCUT2D eigenvalue weighted by Crippen LogP contribution is -2.32. The molecule has 7 nitrogen and oxygen atoms in total. The van der Waals surface area contributed by atoms with E-state index in [1.807, 2.05) is 25.1 Å². The summed E-state index contributed by atoms with van der Waals surface area (Å²) in [5.74, 6) is 1.21. The third-order valence-electron chi connectivity index (χ3n) is 5.59. The van der Waals surface area contributed by atoms with Gasteiger partial charge in [0.15, 0.2) is 5.78 Å². The number of methoxy groups -OCH3 is 2. The van der Waals surface area contributed by atoms with Crippen molar-refractivity contribution in [3.8, 4) is 28.5 Å². The van der Waals surface area contributed by atoms with Crippen molar-refractivity contribution in [3.63, 3.8) is 0 Å². The Morgan fingerprint density at radius 2 is 1.76 bits per heavy atom. The second kappa shape index (κ2) is 10.7. The fourth-order valence-corrected chi connectivity index (χ4v) is 3.34. The number of carbonyl (C=O) groups excluding carboxylic acids is 1. The molecule has 0 bridgehead atoms. The van der Waals surface area contributed by atoms with E-state index in [1.165, 1.54) is 13.0 Å². The van der Waals surface area contributed by atoms with Crippen molar-refractivity contribution >= 4 is 5.78 Å². The van der Waals surface area contributed by atoms with E-state index in [0.29, 0.717) is 40.8 Å². The summed E-state index contributed by atoms with van der Waals surface area (Å²) >= 11 is 0. The van der Waals surface area contributed by atoms with E-state index < -0.39 is 5.60 Å². The Morgan fingerprint density at radius 3 is 2.35 bits per heavy atom. The molecule has 0 N–H and O–H groups in total. The second-order valence-electron chi connectivity index (χ2n) is 8.28. The molecule has 0 aliphatic rings. The predicted octanol–water partition coefficient (Wildman–Crippen LogP) is 5.04. The van der Waals surface area contributed by atoms with Crippen molar-refractivity contribution in [1.82, 2.24) is 9.78 Å². The monoisotopic (exact) mass is 470 g/mol. The number of aromatic nitrogens is 2. The lowest BCUT2D eigenvalue weighted by Gasteiger charge is -2.21. The smallest absolute Gasteiger partial charge is 0.161 e. The van der Waals surface area contributed by atoms with E-state index in [2.05, 4.69) is 5.10 Å². The fraction of sp³-hybridized carbons (Fsp3) is 0.385. The van der Waals surface area contributed by atoms with Gasteiger partial charge in [-0.25, -0.2) is 4.39 Å². The molecule has 2 aromatic carbocycles. The minimum absolute atomic E-state index is 0.0857. The summed E-state index contributed by atoms with van der Waals surface area (Å²) < 4.78 is 38.8. The molecular formula is C26H31FN2O5. The van der Waals surface area contributed by atoms with E-state index in [9.17, 15) is 9.18 Å². The third-order valence-corrected chi connectivity index (χ3v) is 5.59. The zero-order valence-electron chi connectivity index (χ0n) is 20.5. The molecule has 0 radical (unpaired) electrons. The SMILES string of the molecule is CCOc1cccc(F)c1Cn1nc(COC(C)(C)C(C)=O)cc1-c1cc(OC)cc(OC)c1. The van der Waals surface area contributed by atoms with Gasteiger partial charge in [-0.15, -0.1) is 0 Å². The summed E-state index contributed by atoms with van der Waals surface area (Å²) in [6.45, 7) is 7.43. The van der Waals surface area contributed by atoms with E-state index in [4.69, 9.17) is 18.9 Å². The van der Waals surface area contributed by atoms with E-state index in [0.717, 1.165) is 5.56 Å². The van der Waals surface area contributed by atoms with Gasteiger partial charge in [-0.2, -0.15) is 5.10 Å². The number of nitrogens with zero attached hydrogens (tertiary/aromatic N) is 2. The van der Waals surface area contributed by atoms with Gasteiger partial charge in [0.1, 0.15) is 28.7 Å². The maximum atomic E-state index is 14.8. The van der Waals surface area contributed by atoms with Crippen molar-refractivity contribution in [2.24, 2.45) is 0 Å². The van der Waals surface area contributed by atoms with Crippen LogP contribution < -0.4 is 14.2 Å². The summed E-state index contributed by atoms with van der Waals surface area (Å²) in [5, 5.41) is 4.67. The molecule has 0 spiro atoms. The Hall–Kier alpha value is -3.39. The first kappa shape index (κ1) is 25.2. The van der Waals surface area contributed by atoms with Crippen LogP contribution in [0.1, 0.15) is 39.0 Å². The molecule has 182 valence electrons. The molecule has 1 aromatic heterocycles. The highest BCUT2D eigenvalue weighted by Gasteiger charge is 2.25. The van der Waals surface area contributed by atoms with Gasteiger partial charge in [0, 0.05) is 11.6 Å². The number of hydrogen-bond acceptors (Lipinski definition) is 6. The highest BCUT2D eigenvalue weighted by Crippen LogP contribution is 2.32. The van der Waals surface area contributed by atoms with Gasteiger partial charge in [0.25, 0.3) is 0 Å². The topological polar surface area (TPSA) is 71.8 Å². The Balaban J connectivity index is 2.08. The number of ketones is 1. The van der Waals surface area contributed by atoms with Gasteiger partial charge < -0.3 is 18.9 Å². The van der Waals surface area contributed by atoms with E-state index >= 15 is 0 Å². The van der Waals surface area contributed by atoms with Crippen molar-refractivity contribution in [2.45, 2.75) is 46.4 Å². The van der Waals surface area contributed by atoms with Crippen LogP contribution in [-0.4, -0.2) is 42.0 Å². The maximum absolute atomic E-state index is 14.8. The van der Waals surface area contributed by atoms with Crippen LogP contribution >= 0.6 is 0 Å². The Morgan fingerprint density at radius 1 is 1.09 bits per heavy atom. The van der Waals surface area contributed by atoms with Crippen molar-refractivity contribution in [2.75, 3.05) is 20.8 Å². The van der Waals surface area contributed by atoms with Crippen LogP contribution in [0.5, 0.6) is 17.2 Å². The molecule has 34 heavy (non-hydrogen) atoms.